The molecular weight excluding hydrogens is 388 g/mol. The first-order valence-electron chi connectivity index (χ1n) is 12.9. The lowest BCUT2D eigenvalue weighted by atomic mass is 9.41. The molecule has 0 radical (unpaired) electrons. The van der Waals surface area contributed by atoms with Crippen molar-refractivity contribution in [3.05, 3.63) is 5.82 Å². The summed E-state index contributed by atoms with van der Waals surface area (Å²) in [4.78, 5) is 0. The molecule has 6 heteroatoms. The fourth-order valence-corrected chi connectivity index (χ4v) is 9.63. The molecule has 0 saturated heterocycles. The number of nitrogens with one attached hydrogen (secondary N) is 1. The topological polar surface area (TPSA) is 94.9 Å². The third kappa shape index (κ3) is 3.22. The standard InChI is InChI=1S/C25H42N4O2/c1-5-16-20-13-15(30)8-10-25(20,4)19-9-11-24(3)17(6-7-18(24)22(19)23(16)31)14(2)12-21-26-28-29-27-21/h14-20,22-23,30-31H,5-13H2,1-4H3,(H,26,27,28,29)/t14-,15-,16-,17-,18?,19?,20+,22?,23-,24-,25-/m1/s1. The van der Waals surface area contributed by atoms with Crippen LogP contribution in [0.3, 0.4) is 0 Å². The van der Waals surface area contributed by atoms with Gasteiger partial charge in [-0.3, -0.25) is 0 Å². The Morgan fingerprint density at radius 2 is 1.77 bits per heavy atom. The van der Waals surface area contributed by atoms with Gasteiger partial charge >= 0.3 is 0 Å². The number of fused-ring (bicyclic) bond motifs is 5. The summed E-state index contributed by atoms with van der Waals surface area (Å²) in [5, 5.41) is 37.0. The third-order valence-corrected chi connectivity index (χ3v) is 11.0. The Hall–Kier alpha value is -1.01. The van der Waals surface area contributed by atoms with E-state index in [2.05, 4.69) is 48.3 Å². The lowest BCUT2D eigenvalue weighted by Crippen LogP contribution is -2.62. The Bertz CT molecular complexity index is 772. The molecule has 5 rings (SSSR count). The van der Waals surface area contributed by atoms with Gasteiger partial charge in [0, 0.05) is 6.42 Å². The van der Waals surface area contributed by atoms with Gasteiger partial charge in [0.05, 0.1) is 12.2 Å². The second-order valence-corrected chi connectivity index (χ2v) is 12.1. The number of tetrazole rings is 1. The molecule has 174 valence electrons. The van der Waals surface area contributed by atoms with E-state index >= 15 is 0 Å². The first-order chi connectivity index (χ1) is 14.8. The number of hydrogen-bond donors (Lipinski definition) is 3. The van der Waals surface area contributed by atoms with Crippen molar-refractivity contribution in [3.8, 4) is 0 Å². The minimum atomic E-state index is -0.214. The van der Waals surface area contributed by atoms with Crippen molar-refractivity contribution in [2.75, 3.05) is 0 Å². The molecular formula is C25H42N4O2. The van der Waals surface area contributed by atoms with Gasteiger partial charge in [0.25, 0.3) is 0 Å². The molecule has 0 spiro atoms. The molecule has 4 aliphatic rings. The van der Waals surface area contributed by atoms with Gasteiger partial charge in [-0.2, -0.15) is 5.21 Å². The first-order valence-corrected chi connectivity index (χ1v) is 12.9. The summed E-state index contributed by atoms with van der Waals surface area (Å²) in [7, 11) is 0. The molecule has 6 nitrogen and oxygen atoms in total. The Morgan fingerprint density at radius 3 is 2.48 bits per heavy atom. The van der Waals surface area contributed by atoms with Crippen LogP contribution in [-0.4, -0.2) is 43.0 Å². The highest BCUT2D eigenvalue weighted by Gasteiger charge is 2.64. The van der Waals surface area contributed by atoms with Crippen molar-refractivity contribution >= 4 is 0 Å². The first kappa shape index (κ1) is 21.8. The van der Waals surface area contributed by atoms with E-state index in [1.807, 2.05) is 0 Å². The molecule has 31 heavy (non-hydrogen) atoms. The van der Waals surface area contributed by atoms with E-state index < -0.39 is 0 Å². The Balaban J connectivity index is 1.43. The number of rotatable bonds is 4. The lowest BCUT2D eigenvalue weighted by Gasteiger charge is -2.64. The Labute approximate surface area is 187 Å². The molecule has 4 fully saturated rings. The Kier molecular flexibility index (Phi) is 5.48. The number of aromatic nitrogens is 4. The maximum absolute atomic E-state index is 11.8. The van der Waals surface area contributed by atoms with Crippen molar-refractivity contribution in [3.63, 3.8) is 0 Å². The third-order valence-electron chi connectivity index (χ3n) is 11.0. The minimum Gasteiger partial charge on any atom is -0.393 e. The second kappa shape index (κ2) is 7.79. The summed E-state index contributed by atoms with van der Waals surface area (Å²) < 4.78 is 0. The summed E-state index contributed by atoms with van der Waals surface area (Å²) >= 11 is 0. The monoisotopic (exact) mass is 430 g/mol. The van der Waals surface area contributed by atoms with Crippen LogP contribution < -0.4 is 0 Å². The van der Waals surface area contributed by atoms with E-state index in [0.29, 0.717) is 46.8 Å². The quantitative estimate of drug-likeness (QED) is 0.671. The molecule has 0 aliphatic heterocycles. The van der Waals surface area contributed by atoms with Crippen LogP contribution in [0.15, 0.2) is 0 Å². The summed E-state index contributed by atoms with van der Waals surface area (Å²) in [6, 6.07) is 0. The molecule has 11 atom stereocenters. The SMILES string of the molecule is CC[C@H]1[C@@H](O)C2C3CC[C@H]([C@H](C)Cc4nn[nH]n4)[C@@]3(C)CCC2[C@@]2(C)CC[C@@H](O)C[C@@H]12. The molecule has 0 bridgehead atoms. The summed E-state index contributed by atoms with van der Waals surface area (Å²) in [6.07, 6.45) is 9.49. The summed E-state index contributed by atoms with van der Waals surface area (Å²) in [5.41, 5.74) is 0.570. The van der Waals surface area contributed by atoms with Crippen LogP contribution in [0.4, 0.5) is 0 Å². The van der Waals surface area contributed by atoms with E-state index in [4.69, 9.17) is 0 Å². The fourth-order valence-electron chi connectivity index (χ4n) is 9.63. The van der Waals surface area contributed by atoms with Gasteiger partial charge < -0.3 is 10.2 Å². The van der Waals surface area contributed by atoms with Crippen molar-refractivity contribution in [2.45, 2.75) is 97.7 Å². The maximum atomic E-state index is 11.8. The van der Waals surface area contributed by atoms with E-state index in [0.717, 1.165) is 37.9 Å². The zero-order valence-electron chi connectivity index (χ0n) is 19.8. The average Bonchev–Trinajstić information content (AvgIpc) is 3.36. The Morgan fingerprint density at radius 1 is 1.03 bits per heavy atom. The van der Waals surface area contributed by atoms with Crippen molar-refractivity contribution in [1.82, 2.24) is 20.6 Å². The van der Waals surface area contributed by atoms with Crippen LogP contribution in [0.2, 0.25) is 0 Å². The maximum Gasteiger partial charge on any atom is 0.174 e. The molecule has 1 aromatic heterocycles. The number of hydrogen-bond acceptors (Lipinski definition) is 5. The van der Waals surface area contributed by atoms with Gasteiger partial charge in [0.2, 0.25) is 0 Å². The number of aliphatic hydroxyl groups excluding tert-OH is 2. The van der Waals surface area contributed by atoms with Crippen molar-refractivity contribution in [2.24, 2.45) is 52.3 Å². The molecule has 4 saturated carbocycles. The van der Waals surface area contributed by atoms with Gasteiger partial charge in [-0.15, -0.1) is 10.2 Å². The van der Waals surface area contributed by atoms with Crippen LogP contribution in [0.1, 0.15) is 84.9 Å². The predicted octanol–water partition coefficient (Wildman–Crippen LogP) is 4.01. The number of nitrogens with zero attached hydrogens (tertiary/aromatic N) is 3. The molecule has 3 unspecified atom stereocenters. The van der Waals surface area contributed by atoms with E-state index in [1.54, 1.807) is 0 Å². The molecule has 3 N–H and O–H groups in total. The summed E-state index contributed by atoms with van der Waals surface area (Å²) in [6.45, 7) is 9.67. The van der Waals surface area contributed by atoms with Gasteiger partial charge in [-0.25, -0.2) is 0 Å². The normalized spacial score (nSPS) is 50.4. The van der Waals surface area contributed by atoms with Crippen LogP contribution in [0.5, 0.6) is 0 Å². The molecule has 0 amide bonds. The lowest BCUT2D eigenvalue weighted by molar-refractivity contribution is -0.203. The van der Waals surface area contributed by atoms with Crippen molar-refractivity contribution < 1.29 is 10.2 Å². The van der Waals surface area contributed by atoms with E-state index in [-0.39, 0.29) is 17.6 Å². The number of aromatic amines is 1. The number of aliphatic hydroxyl groups is 2. The molecule has 1 aromatic rings. The number of H-pyrrole nitrogens is 1. The van der Waals surface area contributed by atoms with Gasteiger partial charge in [-0.1, -0.05) is 39.3 Å². The zero-order valence-corrected chi connectivity index (χ0v) is 19.8. The van der Waals surface area contributed by atoms with Crippen LogP contribution in [-0.2, 0) is 6.42 Å². The highest BCUT2D eigenvalue weighted by molar-refractivity contribution is 5.13. The van der Waals surface area contributed by atoms with Gasteiger partial charge in [0.1, 0.15) is 0 Å². The second-order valence-electron chi connectivity index (χ2n) is 12.1. The predicted molar refractivity (Wildman–Crippen MR) is 119 cm³/mol. The largest absolute Gasteiger partial charge is 0.393 e. The van der Waals surface area contributed by atoms with Crippen LogP contribution in [0, 0.1) is 52.3 Å². The molecule has 0 aromatic carbocycles. The zero-order chi connectivity index (χ0) is 22.0. The highest BCUT2D eigenvalue weighted by Crippen LogP contribution is 2.69. The highest BCUT2D eigenvalue weighted by atomic mass is 16.3. The minimum absolute atomic E-state index is 0.174. The molecule has 4 aliphatic carbocycles. The smallest absolute Gasteiger partial charge is 0.174 e. The van der Waals surface area contributed by atoms with Crippen LogP contribution >= 0.6 is 0 Å². The van der Waals surface area contributed by atoms with Gasteiger partial charge in [-0.05, 0) is 97.2 Å². The fraction of sp³-hybridized carbons (Fsp3) is 0.960. The van der Waals surface area contributed by atoms with E-state index in [9.17, 15) is 10.2 Å². The van der Waals surface area contributed by atoms with Crippen molar-refractivity contribution in [1.29, 1.82) is 0 Å². The summed E-state index contributed by atoms with van der Waals surface area (Å²) in [5.74, 6) is 4.44. The molecule has 1 heterocycles. The van der Waals surface area contributed by atoms with E-state index in [1.165, 1.54) is 25.7 Å². The van der Waals surface area contributed by atoms with Crippen LogP contribution in [0.25, 0.3) is 0 Å². The van der Waals surface area contributed by atoms with Gasteiger partial charge in [0.15, 0.2) is 5.82 Å². The average molecular weight is 431 g/mol.